The Bertz CT molecular complexity index is 854. The molecule has 24 heavy (non-hydrogen) atoms. The lowest BCUT2D eigenvalue weighted by molar-refractivity contribution is 0.102. The van der Waals surface area contributed by atoms with Crippen LogP contribution in [0, 0.1) is 0 Å². The molecule has 0 radical (unpaired) electrons. The fourth-order valence-corrected chi connectivity index (χ4v) is 2.19. The van der Waals surface area contributed by atoms with Gasteiger partial charge in [-0.15, -0.1) is 0 Å². The maximum Gasteiger partial charge on any atom is 0.274 e. The number of carbonyl (C=O) groups is 1. The van der Waals surface area contributed by atoms with Crippen molar-refractivity contribution in [2.45, 2.75) is 0 Å². The Morgan fingerprint density at radius 1 is 1.12 bits per heavy atom. The third-order valence-corrected chi connectivity index (χ3v) is 3.49. The summed E-state index contributed by atoms with van der Waals surface area (Å²) in [4.78, 5) is 22.6. The van der Waals surface area contributed by atoms with Gasteiger partial charge in [0.2, 0.25) is 0 Å². The van der Waals surface area contributed by atoms with Gasteiger partial charge >= 0.3 is 0 Å². The summed E-state index contributed by atoms with van der Waals surface area (Å²) in [5.74, 6) is 0.401. The second-order valence-electron chi connectivity index (χ2n) is 5.57. The monoisotopic (exact) mass is 322 g/mol. The maximum absolute atomic E-state index is 12.3. The molecule has 0 fully saturated rings. The molecule has 0 bridgehead atoms. The number of nitrogens with zero attached hydrogens (tertiary/aromatic N) is 5. The van der Waals surface area contributed by atoms with E-state index in [1.807, 2.05) is 56.4 Å². The predicted octanol–water partition coefficient (Wildman–Crippen LogP) is 2.20. The SMILES string of the molecule is CN(C)c1ccnc(C(=O)Nc2ccc(-c3ncn(C)n3)cc2)c1. The van der Waals surface area contributed by atoms with E-state index in [0.717, 1.165) is 11.3 Å². The molecule has 7 nitrogen and oxygen atoms in total. The molecule has 1 amide bonds. The van der Waals surface area contributed by atoms with Crippen LogP contribution in [0.1, 0.15) is 10.5 Å². The van der Waals surface area contributed by atoms with Gasteiger partial charge in [0.25, 0.3) is 5.91 Å². The minimum atomic E-state index is -0.248. The van der Waals surface area contributed by atoms with E-state index in [1.54, 1.807) is 23.3 Å². The first kappa shape index (κ1) is 15.7. The number of amides is 1. The van der Waals surface area contributed by atoms with Crippen molar-refractivity contribution in [3.63, 3.8) is 0 Å². The lowest BCUT2D eigenvalue weighted by Crippen LogP contribution is -2.15. The highest BCUT2D eigenvalue weighted by atomic mass is 16.1. The summed E-state index contributed by atoms with van der Waals surface area (Å²) in [6.45, 7) is 0. The van der Waals surface area contributed by atoms with Crippen LogP contribution in [0.3, 0.4) is 0 Å². The van der Waals surface area contributed by atoms with Crippen LogP contribution < -0.4 is 10.2 Å². The molecule has 2 aromatic heterocycles. The van der Waals surface area contributed by atoms with Gasteiger partial charge < -0.3 is 10.2 Å². The Morgan fingerprint density at radius 2 is 1.88 bits per heavy atom. The van der Waals surface area contributed by atoms with Crippen LogP contribution in [0.2, 0.25) is 0 Å². The standard InChI is InChI=1S/C17H18N6O/c1-22(2)14-8-9-18-15(10-14)17(24)20-13-6-4-12(5-7-13)16-19-11-23(3)21-16/h4-11H,1-3H3,(H,20,24). The molecule has 3 rings (SSSR count). The van der Waals surface area contributed by atoms with Crippen molar-refractivity contribution >= 4 is 17.3 Å². The van der Waals surface area contributed by atoms with Crippen molar-refractivity contribution in [1.82, 2.24) is 19.7 Å². The molecule has 7 heteroatoms. The molecule has 3 aromatic rings. The smallest absolute Gasteiger partial charge is 0.274 e. The second-order valence-corrected chi connectivity index (χ2v) is 5.57. The molecule has 0 aliphatic heterocycles. The first-order valence-electron chi connectivity index (χ1n) is 7.44. The van der Waals surface area contributed by atoms with E-state index in [0.29, 0.717) is 17.2 Å². The quantitative estimate of drug-likeness (QED) is 0.797. The predicted molar refractivity (Wildman–Crippen MR) is 93.0 cm³/mol. The number of pyridine rings is 1. The number of hydrogen-bond donors (Lipinski definition) is 1. The Hall–Kier alpha value is -3.22. The summed E-state index contributed by atoms with van der Waals surface area (Å²) in [6, 6.07) is 11.0. The molecule has 0 atom stereocenters. The Morgan fingerprint density at radius 3 is 2.50 bits per heavy atom. The van der Waals surface area contributed by atoms with E-state index in [4.69, 9.17) is 0 Å². The van der Waals surface area contributed by atoms with Gasteiger partial charge in [-0.05, 0) is 36.4 Å². The summed E-state index contributed by atoms with van der Waals surface area (Å²) in [5, 5.41) is 7.09. The number of hydrogen-bond acceptors (Lipinski definition) is 5. The number of aryl methyl sites for hydroxylation is 1. The van der Waals surface area contributed by atoms with Crippen LogP contribution in [0.15, 0.2) is 48.9 Å². The lowest BCUT2D eigenvalue weighted by Gasteiger charge is -2.13. The number of benzene rings is 1. The zero-order chi connectivity index (χ0) is 17.1. The van der Waals surface area contributed by atoms with Gasteiger partial charge in [-0.2, -0.15) is 5.10 Å². The Kier molecular flexibility index (Phi) is 4.24. The molecule has 0 spiro atoms. The van der Waals surface area contributed by atoms with Crippen LogP contribution in [-0.4, -0.2) is 39.8 Å². The third-order valence-electron chi connectivity index (χ3n) is 3.49. The third kappa shape index (κ3) is 3.40. The van der Waals surface area contributed by atoms with E-state index < -0.39 is 0 Å². The van der Waals surface area contributed by atoms with E-state index in [1.165, 1.54) is 0 Å². The minimum absolute atomic E-state index is 0.248. The van der Waals surface area contributed by atoms with Crippen molar-refractivity contribution in [2.75, 3.05) is 24.3 Å². The van der Waals surface area contributed by atoms with Gasteiger partial charge in [0, 0.05) is 44.3 Å². The summed E-state index contributed by atoms with van der Waals surface area (Å²) in [6.07, 6.45) is 3.27. The summed E-state index contributed by atoms with van der Waals surface area (Å²) in [7, 11) is 5.66. The molecule has 0 saturated carbocycles. The van der Waals surface area contributed by atoms with E-state index in [-0.39, 0.29) is 5.91 Å². The van der Waals surface area contributed by atoms with E-state index >= 15 is 0 Å². The van der Waals surface area contributed by atoms with Gasteiger partial charge in [0.15, 0.2) is 5.82 Å². The molecular formula is C17H18N6O. The normalized spacial score (nSPS) is 10.5. The highest BCUT2D eigenvalue weighted by molar-refractivity contribution is 6.03. The molecule has 122 valence electrons. The van der Waals surface area contributed by atoms with Crippen LogP contribution in [0.5, 0.6) is 0 Å². The Labute approximate surface area is 140 Å². The van der Waals surface area contributed by atoms with Gasteiger partial charge in [-0.3, -0.25) is 14.5 Å². The number of rotatable bonds is 4. The van der Waals surface area contributed by atoms with Crippen LogP contribution in [0.4, 0.5) is 11.4 Å². The van der Waals surface area contributed by atoms with E-state index in [2.05, 4.69) is 20.4 Å². The van der Waals surface area contributed by atoms with Crippen molar-refractivity contribution in [3.8, 4) is 11.4 Å². The van der Waals surface area contributed by atoms with Crippen LogP contribution in [0.25, 0.3) is 11.4 Å². The molecule has 0 unspecified atom stereocenters. The molecule has 0 saturated heterocycles. The van der Waals surface area contributed by atoms with Crippen molar-refractivity contribution in [3.05, 3.63) is 54.6 Å². The zero-order valence-corrected chi connectivity index (χ0v) is 13.8. The van der Waals surface area contributed by atoms with Crippen LogP contribution in [-0.2, 0) is 7.05 Å². The largest absolute Gasteiger partial charge is 0.378 e. The first-order chi connectivity index (χ1) is 11.5. The molecule has 0 aliphatic rings. The fraction of sp³-hybridized carbons (Fsp3) is 0.176. The number of nitrogens with one attached hydrogen (secondary N) is 1. The van der Waals surface area contributed by atoms with Crippen molar-refractivity contribution < 1.29 is 4.79 Å². The molecule has 1 N–H and O–H groups in total. The molecule has 2 heterocycles. The summed E-state index contributed by atoms with van der Waals surface area (Å²) < 4.78 is 1.65. The summed E-state index contributed by atoms with van der Waals surface area (Å²) >= 11 is 0. The first-order valence-corrected chi connectivity index (χ1v) is 7.44. The van der Waals surface area contributed by atoms with Gasteiger partial charge in [0.05, 0.1) is 0 Å². The minimum Gasteiger partial charge on any atom is -0.378 e. The Balaban J connectivity index is 1.74. The van der Waals surface area contributed by atoms with Gasteiger partial charge in [-0.25, -0.2) is 4.98 Å². The van der Waals surface area contributed by atoms with Crippen molar-refractivity contribution in [1.29, 1.82) is 0 Å². The number of aromatic nitrogens is 4. The number of carbonyl (C=O) groups excluding carboxylic acids is 1. The highest BCUT2D eigenvalue weighted by Crippen LogP contribution is 2.18. The molecule has 1 aromatic carbocycles. The molecule has 0 aliphatic carbocycles. The lowest BCUT2D eigenvalue weighted by atomic mass is 10.2. The number of anilines is 2. The second kappa shape index (κ2) is 6.49. The summed E-state index contributed by atoms with van der Waals surface area (Å²) in [5.41, 5.74) is 2.88. The fourth-order valence-electron chi connectivity index (χ4n) is 2.19. The average molecular weight is 322 g/mol. The maximum atomic E-state index is 12.3. The highest BCUT2D eigenvalue weighted by Gasteiger charge is 2.10. The molecular weight excluding hydrogens is 304 g/mol. The topological polar surface area (TPSA) is 75.9 Å². The zero-order valence-electron chi connectivity index (χ0n) is 13.8. The van der Waals surface area contributed by atoms with E-state index in [9.17, 15) is 4.79 Å². The van der Waals surface area contributed by atoms with Gasteiger partial charge in [0.1, 0.15) is 12.0 Å². The average Bonchev–Trinajstić information content (AvgIpc) is 3.02. The van der Waals surface area contributed by atoms with Crippen molar-refractivity contribution in [2.24, 2.45) is 7.05 Å². The van der Waals surface area contributed by atoms with Crippen LogP contribution >= 0.6 is 0 Å². The van der Waals surface area contributed by atoms with Gasteiger partial charge in [-0.1, -0.05) is 0 Å².